The highest BCUT2D eigenvalue weighted by atomic mass is 16.7. The fraction of sp³-hybridized carbons (Fsp3) is 1.00. The Morgan fingerprint density at radius 1 is 1.54 bits per heavy atom. The fourth-order valence-electron chi connectivity index (χ4n) is 1.61. The van der Waals surface area contributed by atoms with E-state index in [0.29, 0.717) is 0 Å². The fourth-order valence-corrected chi connectivity index (χ4v) is 1.61. The number of aliphatic hydroxyl groups excluding tert-OH is 2. The summed E-state index contributed by atoms with van der Waals surface area (Å²) in [7, 11) is 1.50. The van der Waals surface area contributed by atoms with E-state index < -0.39 is 12.4 Å². The zero-order chi connectivity index (χ0) is 10.0. The van der Waals surface area contributed by atoms with Crippen molar-refractivity contribution < 1.29 is 25.4 Å². The second-order valence-corrected chi connectivity index (χ2v) is 3.47. The number of hydrogen-bond acceptors (Lipinski definition) is 4. The van der Waals surface area contributed by atoms with Gasteiger partial charge in [0.15, 0.2) is 6.04 Å². The van der Waals surface area contributed by atoms with Gasteiger partial charge in [-0.05, 0) is 0 Å². The average molecular weight is 192 g/mol. The second kappa shape index (κ2) is 4.34. The van der Waals surface area contributed by atoms with Crippen molar-refractivity contribution >= 4 is 0 Å². The minimum Gasteiger partial charge on any atom is -0.394 e. The third-order valence-electron chi connectivity index (χ3n) is 2.63. The molecule has 5 nitrogen and oxygen atoms in total. The molecule has 78 valence electrons. The van der Waals surface area contributed by atoms with Gasteiger partial charge in [-0.2, -0.15) is 0 Å². The van der Waals surface area contributed by atoms with Gasteiger partial charge in [0.05, 0.1) is 12.7 Å². The first kappa shape index (κ1) is 10.9. The number of quaternary nitrogens is 1. The molecule has 2 unspecified atom stereocenters. The molecule has 13 heavy (non-hydrogen) atoms. The van der Waals surface area contributed by atoms with Gasteiger partial charge in [-0.25, -0.2) is 0 Å². The van der Waals surface area contributed by atoms with E-state index in [1.807, 2.05) is 6.92 Å². The quantitative estimate of drug-likeness (QED) is 0.470. The summed E-state index contributed by atoms with van der Waals surface area (Å²) in [6.45, 7) is 1.72. The molecule has 0 aromatic rings. The predicted octanol–water partition coefficient (Wildman–Crippen LogP) is -2.04. The van der Waals surface area contributed by atoms with E-state index in [2.05, 4.69) is 5.73 Å². The lowest BCUT2D eigenvalue weighted by Crippen LogP contribution is -2.76. The van der Waals surface area contributed by atoms with Crippen LogP contribution < -0.4 is 5.73 Å². The van der Waals surface area contributed by atoms with E-state index in [0.717, 1.165) is 0 Å². The van der Waals surface area contributed by atoms with Crippen molar-refractivity contribution in [1.29, 1.82) is 0 Å². The maximum absolute atomic E-state index is 9.72. The smallest absolute Gasteiger partial charge is 0.213 e. The summed E-state index contributed by atoms with van der Waals surface area (Å²) in [6, 6.07) is -0.303. The molecule has 5 heteroatoms. The van der Waals surface area contributed by atoms with Crippen LogP contribution in [-0.4, -0.2) is 48.5 Å². The molecular weight excluding hydrogens is 174 g/mol. The van der Waals surface area contributed by atoms with Crippen LogP contribution in [0.3, 0.4) is 0 Å². The summed E-state index contributed by atoms with van der Waals surface area (Å²) in [4.78, 5) is 0. The molecule has 1 fully saturated rings. The van der Waals surface area contributed by atoms with Gasteiger partial charge in [0.2, 0.25) is 6.29 Å². The van der Waals surface area contributed by atoms with Gasteiger partial charge < -0.3 is 25.4 Å². The van der Waals surface area contributed by atoms with Gasteiger partial charge in [0.1, 0.15) is 6.10 Å². The lowest BCUT2D eigenvalue weighted by atomic mass is 9.90. The minimum atomic E-state index is -0.587. The molecule has 0 aromatic carbocycles. The topological polar surface area (TPSA) is 86.6 Å². The largest absolute Gasteiger partial charge is 0.394 e. The van der Waals surface area contributed by atoms with Crippen molar-refractivity contribution in [3.05, 3.63) is 0 Å². The van der Waals surface area contributed by atoms with E-state index in [1.54, 1.807) is 0 Å². The first-order chi connectivity index (χ1) is 6.11. The van der Waals surface area contributed by atoms with Crippen molar-refractivity contribution in [3.63, 3.8) is 0 Å². The molecule has 1 heterocycles. The first-order valence-corrected chi connectivity index (χ1v) is 4.42. The molecule has 0 bridgehead atoms. The standard InChI is InChI=1S/C8H17NO4/c1-4-5(3-10)13-8(12-2)6(9)7(4)11/h4-8,10-11H,3,9H2,1-2H3/p+1/t4-,5?,6?,7+,8-/m1/s1. The molecule has 0 saturated carbocycles. The number of ether oxygens (including phenoxy) is 2. The van der Waals surface area contributed by atoms with Crippen LogP contribution in [0, 0.1) is 5.92 Å². The van der Waals surface area contributed by atoms with Gasteiger partial charge in [-0.15, -0.1) is 0 Å². The molecule has 0 aromatic heterocycles. The summed E-state index contributed by atoms with van der Waals surface area (Å²) in [5.74, 6) is -0.112. The summed E-state index contributed by atoms with van der Waals surface area (Å²) >= 11 is 0. The van der Waals surface area contributed by atoms with Crippen molar-refractivity contribution in [1.82, 2.24) is 0 Å². The van der Waals surface area contributed by atoms with E-state index >= 15 is 0 Å². The SMILES string of the molecule is CO[C@@H]1OC(CO)[C@@H](C)[C@H](O)C1[NH3+]. The number of methoxy groups -OCH3 is 1. The Morgan fingerprint density at radius 2 is 2.15 bits per heavy atom. The third-order valence-corrected chi connectivity index (χ3v) is 2.63. The number of rotatable bonds is 2. The number of hydrogen-bond donors (Lipinski definition) is 3. The van der Waals surface area contributed by atoms with E-state index in [4.69, 9.17) is 14.6 Å². The summed E-state index contributed by atoms with van der Waals surface area (Å²) < 4.78 is 10.4. The van der Waals surface area contributed by atoms with Crippen molar-refractivity contribution in [2.75, 3.05) is 13.7 Å². The maximum atomic E-state index is 9.72. The molecule has 5 N–H and O–H groups in total. The second-order valence-electron chi connectivity index (χ2n) is 3.47. The van der Waals surface area contributed by atoms with Crippen LogP contribution in [0.15, 0.2) is 0 Å². The highest BCUT2D eigenvalue weighted by Crippen LogP contribution is 2.23. The molecule has 0 aliphatic carbocycles. The number of aliphatic hydroxyl groups is 2. The van der Waals surface area contributed by atoms with Gasteiger partial charge in [-0.1, -0.05) is 6.92 Å². The normalized spacial score (nSPS) is 46.4. The van der Waals surface area contributed by atoms with Gasteiger partial charge in [0.25, 0.3) is 0 Å². The molecule has 0 spiro atoms. The van der Waals surface area contributed by atoms with Crippen molar-refractivity contribution in [2.24, 2.45) is 5.92 Å². The zero-order valence-electron chi connectivity index (χ0n) is 8.01. The van der Waals surface area contributed by atoms with Gasteiger partial charge >= 0.3 is 0 Å². The minimum absolute atomic E-state index is 0.106. The van der Waals surface area contributed by atoms with Crippen molar-refractivity contribution in [2.45, 2.75) is 31.5 Å². The average Bonchev–Trinajstić information content (AvgIpc) is 2.15. The molecule has 1 saturated heterocycles. The van der Waals surface area contributed by atoms with Crippen molar-refractivity contribution in [3.8, 4) is 0 Å². The van der Waals surface area contributed by atoms with Crippen LogP contribution in [-0.2, 0) is 9.47 Å². The Bertz CT molecular complexity index is 146. The van der Waals surface area contributed by atoms with E-state index in [9.17, 15) is 5.11 Å². The summed E-state index contributed by atoms with van der Waals surface area (Å²) in [5.41, 5.74) is 3.77. The molecule has 0 amide bonds. The van der Waals surface area contributed by atoms with Crippen LogP contribution in [0.25, 0.3) is 0 Å². The lowest BCUT2D eigenvalue weighted by molar-refractivity contribution is -0.497. The third kappa shape index (κ3) is 2.00. The predicted molar refractivity (Wildman–Crippen MR) is 44.6 cm³/mol. The van der Waals surface area contributed by atoms with E-state index in [1.165, 1.54) is 7.11 Å². The molecule has 0 radical (unpaired) electrons. The molecule has 1 aliphatic heterocycles. The highest BCUT2D eigenvalue weighted by molar-refractivity contribution is 4.85. The Labute approximate surface area is 77.4 Å². The molecule has 1 rings (SSSR count). The van der Waals surface area contributed by atoms with Crippen LogP contribution in [0.4, 0.5) is 0 Å². The monoisotopic (exact) mass is 192 g/mol. The molecule has 5 atom stereocenters. The van der Waals surface area contributed by atoms with Crippen LogP contribution in [0.5, 0.6) is 0 Å². The van der Waals surface area contributed by atoms with E-state index in [-0.39, 0.29) is 24.7 Å². The Morgan fingerprint density at radius 3 is 2.62 bits per heavy atom. The first-order valence-electron chi connectivity index (χ1n) is 4.42. The van der Waals surface area contributed by atoms with Crippen LogP contribution in [0.1, 0.15) is 6.92 Å². The van der Waals surface area contributed by atoms with Crippen LogP contribution in [0.2, 0.25) is 0 Å². The summed E-state index contributed by atoms with van der Waals surface area (Å²) in [6.07, 6.45) is -1.47. The Kier molecular flexibility index (Phi) is 3.63. The van der Waals surface area contributed by atoms with Gasteiger partial charge in [0, 0.05) is 13.0 Å². The Hall–Kier alpha value is -0.200. The summed E-state index contributed by atoms with van der Waals surface area (Å²) in [5, 5.41) is 18.7. The lowest BCUT2D eigenvalue weighted by Gasteiger charge is -2.38. The van der Waals surface area contributed by atoms with Gasteiger partial charge in [-0.3, -0.25) is 0 Å². The maximum Gasteiger partial charge on any atom is 0.213 e. The zero-order valence-corrected chi connectivity index (χ0v) is 8.01. The van der Waals surface area contributed by atoms with Crippen LogP contribution >= 0.6 is 0 Å². The molecular formula is C8H18NO4+. The highest BCUT2D eigenvalue weighted by Gasteiger charge is 2.43. The Balaban J connectivity index is 2.66. The molecule has 1 aliphatic rings.